The van der Waals surface area contributed by atoms with Crippen molar-refractivity contribution in [3.63, 3.8) is 0 Å². The minimum absolute atomic E-state index is 0.574. The first-order valence-electron chi connectivity index (χ1n) is 6.74. The van der Waals surface area contributed by atoms with Crippen LogP contribution in [0.4, 0.5) is 5.69 Å². The van der Waals surface area contributed by atoms with Gasteiger partial charge in [0.05, 0.1) is 12.3 Å². The summed E-state index contributed by atoms with van der Waals surface area (Å²) in [6.45, 7) is 7.50. The van der Waals surface area contributed by atoms with Gasteiger partial charge in [0, 0.05) is 13.1 Å². The zero-order valence-corrected chi connectivity index (χ0v) is 11.0. The van der Waals surface area contributed by atoms with Crippen LogP contribution in [-0.4, -0.2) is 19.7 Å². The number of nitrogens with zero attached hydrogens (tertiary/aromatic N) is 1. The highest BCUT2D eigenvalue weighted by Crippen LogP contribution is 2.30. The average molecular weight is 233 g/mol. The van der Waals surface area contributed by atoms with Crippen molar-refractivity contribution >= 4 is 5.69 Å². The Morgan fingerprint density at radius 1 is 1.12 bits per heavy atom. The van der Waals surface area contributed by atoms with Crippen molar-refractivity contribution in [1.82, 2.24) is 0 Å². The molecule has 1 aliphatic rings. The van der Waals surface area contributed by atoms with Gasteiger partial charge in [-0.15, -0.1) is 0 Å². The highest BCUT2D eigenvalue weighted by atomic mass is 16.5. The maximum absolute atomic E-state index is 5.91. The Bertz CT molecular complexity index is 343. The molecule has 0 amide bonds. The predicted molar refractivity (Wildman–Crippen MR) is 72.8 cm³/mol. The molecule has 0 radical (unpaired) electrons. The second kappa shape index (κ2) is 5.95. The van der Waals surface area contributed by atoms with Gasteiger partial charge in [-0.2, -0.15) is 0 Å². The van der Waals surface area contributed by atoms with E-state index in [1.807, 2.05) is 0 Å². The highest BCUT2D eigenvalue weighted by molar-refractivity contribution is 5.58. The van der Waals surface area contributed by atoms with Crippen molar-refractivity contribution in [2.45, 2.75) is 33.1 Å². The van der Waals surface area contributed by atoms with E-state index in [-0.39, 0.29) is 0 Å². The number of rotatable bonds is 4. The average Bonchev–Trinajstić information content (AvgIpc) is 2.38. The molecule has 0 aromatic heterocycles. The number of hydrogen-bond donors (Lipinski definition) is 0. The Kier molecular flexibility index (Phi) is 4.29. The summed E-state index contributed by atoms with van der Waals surface area (Å²) in [5, 5.41) is 0. The van der Waals surface area contributed by atoms with Crippen LogP contribution in [0, 0.1) is 5.92 Å². The molecular weight excluding hydrogens is 210 g/mol. The van der Waals surface area contributed by atoms with Gasteiger partial charge in [0.2, 0.25) is 0 Å². The molecule has 0 aliphatic carbocycles. The van der Waals surface area contributed by atoms with E-state index in [2.05, 4.69) is 43.0 Å². The Morgan fingerprint density at radius 2 is 1.82 bits per heavy atom. The number of para-hydroxylation sites is 2. The van der Waals surface area contributed by atoms with Crippen molar-refractivity contribution in [1.29, 1.82) is 0 Å². The fourth-order valence-electron chi connectivity index (χ4n) is 2.23. The summed E-state index contributed by atoms with van der Waals surface area (Å²) in [6.07, 6.45) is 3.97. The van der Waals surface area contributed by atoms with E-state index in [1.54, 1.807) is 0 Å². The lowest BCUT2D eigenvalue weighted by Gasteiger charge is -2.30. The van der Waals surface area contributed by atoms with E-state index in [9.17, 15) is 0 Å². The summed E-state index contributed by atoms with van der Waals surface area (Å²) in [6, 6.07) is 8.43. The van der Waals surface area contributed by atoms with Gasteiger partial charge in [-0.3, -0.25) is 0 Å². The first-order chi connectivity index (χ1) is 8.27. The Morgan fingerprint density at radius 3 is 2.53 bits per heavy atom. The third-order valence-electron chi connectivity index (χ3n) is 3.13. The number of anilines is 1. The van der Waals surface area contributed by atoms with E-state index in [0.717, 1.165) is 12.4 Å². The molecule has 0 N–H and O–H groups in total. The minimum Gasteiger partial charge on any atom is -0.491 e. The van der Waals surface area contributed by atoms with Gasteiger partial charge in [-0.05, 0) is 37.3 Å². The van der Waals surface area contributed by atoms with Crippen molar-refractivity contribution in [3.05, 3.63) is 24.3 Å². The van der Waals surface area contributed by atoms with E-state index >= 15 is 0 Å². The monoisotopic (exact) mass is 233 g/mol. The summed E-state index contributed by atoms with van der Waals surface area (Å²) >= 11 is 0. The molecule has 17 heavy (non-hydrogen) atoms. The topological polar surface area (TPSA) is 12.5 Å². The molecule has 1 aliphatic heterocycles. The van der Waals surface area contributed by atoms with E-state index in [1.165, 1.54) is 38.0 Å². The molecule has 2 heteroatoms. The Balaban J connectivity index is 2.09. The van der Waals surface area contributed by atoms with Crippen LogP contribution in [0.15, 0.2) is 24.3 Å². The first-order valence-corrected chi connectivity index (χ1v) is 6.74. The van der Waals surface area contributed by atoms with Crippen LogP contribution >= 0.6 is 0 Å². The smallest absolute Gasteiger partial charge is 0.142 e. The van der Waals surface area contributed by atoms with Crippen LogP contribution in [0.5, 0.6) is 5.75 Å². The number of piperidine rings is 1. The maximum atomic E-state index is 5.91. The first kappa shape index (κ1) is 12.3. The molecule has 1 fully saturated rings. The van der Waals surface area contributed by atoms with Gasteiger partial charge < -0.3 is 9.64 Å². The molecule has 0 spiro atoms. The van der Waals surface area contributed by atoms with Crippen LogP contribution in [0.3, 0.4) is 0 Å². The zero-order chi connectivity index (χ0) is 12.1. The molecule has 1 saturated heterocycles. The Labute approximate surface area is 105 Å². The van der Waals surface area contributed by atoms with Gasteiger partial charge in [-0.25, -0.2) is 0 Å². The number of benzene rings is 1. The molecule has 1 aromatic carbocycles. The van der Waals surface area contributed by atoms with E-state index < -0.39 is 0 Å². The van der Waals surface area contributed by atoms with Crippen LogP contribution in [0.25, 0.3) is 0 Å². The molecule has 0 bridgehead atoms. The van der Waals surface area contributed by atoms with Gasteiger partial charge in [0.25, 0.3) is 0 Å². The molecule has 0 unspecified atom stereocenters. The second-order valence-electron chi connectivity index (χ2n) is 5.22. The van der Waals surface area contributed by atoms with Crippen LogP contribution in [0.1, 0.15) is 33.1 Å². The van der Waals surface area contributed by atoms with Crippen molar-refractivity contribution in [3.8, 4) is 5.75 Å². The summed E-state index contributed by atoms with van der Waals surface area (Å²) in [5.74, 6) is 1.62. The number of hydrogen-bond acceptors (Lipinski definition) is 2. The highest BCUT2D eigenvalue weighted by Gasteiger charge is 2.14. The fourth-order valence-corrected chi connectivity index (χ4v) is 2.23. The van der Waals surface area contributed by atoms with Gasteiger partial charge >= 0.3 is 0 Å². The molecule has 2 rings (SSSR count). The standard InChI is InChI=1S/C15H23NO/c1-13(2)12-17-15-9-5-4-8-14(15)16-10-6-3-7-11-16/h4-5,8-9,13H,3,6-7,10-12H2,1-2H3. The Hall–Kier alpha value is -1.18. The normalized spacial score (nSPS) is 16.3. The van der Waals surface area contributed by atoms with Gasteiger partial charge in [0.15, 0.2) is 0 Å². The van der Waals surface area contributed by atoms with Crippen molar-refractivity contribution in [2.75, 3.05) is 24.6 Å². The van der Waals surface area contributed by atoms with E-state index in [0.29, 0.717) is 5.92 Å². The van der Waals surface area contributed by atoms with Crippen LogP contribution in [-0.2, 0) is 0 Å². The van der Waals surface area contributed by atoms with Gasteiger partial charge in [-0.1, -0.05) is 26.0 Å². The minimum atomic E-state index is 0.574. The van der Waals surface area contributed by atoms with Crippen molar-refractivity contribution in [2.24, 2.45) is 5.92 Å². The molecular formula is C15H23NO. The maximum Gasteiger partial charge on any atom is 0.142 e. The molecule has 94 valence electrons. The third-order valence-corrected chi connectivity index (χ3v) is 3.13. The number of ether oxygens (including phenoxy) is 1. The molecule has 0 saturated carbocycles. The molecule has 0 atom stereocenters. The third kappa shape index (κ3) is 3.39. The lowest BCUT2D eigenvalue weighted by atomic mass is 10.1. The quantitative estimate of drug-likeness (QED) is 0.786. The molecule has 1 heterocycles. The SMILES string of the molecule is CC(C)COc1ccccc1N1CCCCC1. The largest absolute Gasteiger partial charge is 0.491 e. The molecule has 2 nitrogen and oxygen atoms in total. The summed E-state index contributed by atoms with van der Waals surface area (Å²) in [5.41, 5.74) is 1.27. The summed E-state index contributed by atoms with van der Waals surface area (Å²) < 4.78 is 5.91. The summed E-state index contributed by atoms with van der Waals surface area (Å²) in [4.78, 5) is 2.46. The molecule has 1 aromatic rings. The zero-order valence-electron chi connectivity index (χ0n) is 11.0. The van der Waals surface area contributed by atoms with Crippen LogP contribution < -0.4 is 9.64 Å². The van der Waals surface area contributed by atoms with Crippen molar-refractivity contribution < 1.29 is 4.74 Å². The second-order valence-corrected chi connectivity index (χ2v) is 5.22. The summed E-state index contributed by atoms with van der Waals surface area (Å²) in [7, 11) is 0. The lowest BCUT2D eigenvalue weighted by Crippen LogP contribution is -2.29. The van der Waals surface area contributed by atoms with Gasteiger partial charge in [0.1, 0.15) is 5.75 Å². The fraction of sp³-hybridized carbons (Fsp3) is 0.600. The van der Waals surface area contributed by atoms with Crippen LogP contribution in [0.2, 0.25) is 0 Å². The lowest BCUT2D eigenvalue weighted by molar-refractivity contribution is 0.271. The predicted octanol–water partition coefficient (Wildman–Crippen LogP) is 3.71. The van der Waals surface area contributed by atoms with E-state index in [4.69, 9.17) is 4.74 Å².